The van der Waals surface area contributed by atoms with Crippen LogP contribution in [0.25, 0.3) is 0 Å². The van der Waals surface area contributed by atoms with Gasteiger partial charge in [-0.2, -0.15) is 0 Å². The topological polar surface area (TPSA) is 12.0 Å². The monoisotopic (exact) mass is 177 g/mol. The normalized spacial score (nSPS) is 15.3. The van der Waals surface area contributed by atoms with E-state index >= 15 is 0 Å². The van der Waals surface area contributed by atoms with Gasteiger partial charge in [-0.05, 0) is 31.9 Å². The quantitative estimate of drug-likeness (QED) is 0.745. The Kier molecular flexibility index (Phi) is 3.97. The van der Waals surface area contributed by atoms with Crippen LogP contribution in [0.15, 0.2) is 30.3 Å². The summed E-state index contributed by atoms with van der Waals surface area (Å²) in [5.74, 6) is 0.687. The molecule has 13 heavy (non-hydrogen) atoms. The smallest absolute Gasteiger partial charge is 0.00645 e. The Morgan fingerprint density at radius 1 is 1.15 bits per heavy atom. The second kappa shape index (κ2) is 5.03. The fourth-order valence-electron chi connectivity index (χ4n) is 1.45. The van der Waals surface area contributed by atoms with Crippen LogP contribution in [-0.4, -0.2) is 13.1 Å². The number of benzene rings is 1. The van der Waals surface area contributed by atoms with E-state index in [4.69, 9.17) is 0 Å². The molecule has 0 fully saturated rings. The zero-order valence-corrected chi connectivity index (χ0v) is 8.75. The summed E-state index contributed by atoms with van der Waals surface area (Å²) in [4.78, 5) is 0. The van der Waals surface area contributed by atoms with E-state index < -0.39 is 0 Å². The molecule has 0 aliphatic heterocycles. The van der Waals surface area contributed by atoms with Crippen LogP contribution in [0.4, 0.5) is 0 Å². The van der Waals surface area contributed by atoms with Crippen LogP contribution in [0.5, 0.6) is 0 Å². The molecule has 0 aliphatic carbocycles. The van der Waals surface area contributed by atoms with Gasteiger partial charge >= 0.3 is 0 Å². The molecule has 0 bridgehead atoms. The third-order valence-corrected chi connectivity index (χ3v) is 2.71. The zero-order valence-electron chi connectivity index (χ0n) is 8.75. The summed E-state index contributed by atoms with van der Waals surface area (Å²) in [5, 5.41) is 3.28. The molecule has 2 atom stereocenters. The van der Waals surface area contributed by atoms with Gasteiger partial charge in [0.1, 0.15) is 0 Å². The SMILES string of the molecule is CNC(C)C(C)Cc1ccccc1. The van der Waals surface area contributed by atoms with Crippen molar-refractivity contribution < 1.29 is 0 Å². The predicted molar refractivity (Wildman–Crippen MR) is 57.8 cm³/mol. The Labute approximate surface area is 81.2 Å². The van der Waals surface area contributed by atoms with Gasteiger partial charge in [-0.1, -0.05) is 37.3 Å². The number of hydrogen-bond donors (Lipinski definition) is 1. The highest BCUT2D eigenvalue weighted by Crippen LogP contribution is 2.11. The Hall–Kier alpha value is -0.820. The minimum Gasteiger partial charge on any atom is -0.317 e. The van der Waals surface area contributed by atoms with Gasteiger partial charge < -0.3 is 5.32 Å². The van der Waals surface area contributed by atoms with Crippen LogP contribution < -0.4 is 5.32 Å². The molecule has 0 amide bonds. The van der Waals surface area contributed by atoms with Gasteiger partial charge in [0.25, 0.3) is 0 Å². The third kappa shape index (κ3) is 3.19. The average Bonchev–Trinajstić information content (AvgIpc) is 2.18. The van der Waals surface area contributed by atoms with E-state index in [0.717, 1.165) is 6.42 Å². The van der Waals surface area contributed by atoms with Gasteiger partial charge in [-0.25, -0.2) is 0 Å². The average molecular weight is 177 g/mol. The summed E-state index contributed by atoms with van der Waals surface area (Å²) in [5.41, 5.74) is 1.43. The number of nitrogens with one attached hydrogen (secondary N) is 1. The zero-order chi connectivity index (χ0) is 9.68. The minimum absolute atomic E-state index is 0.584. The van der Waals surface area contributed by atoms with Gasteiger partial charge in [0.15, 0.2) is 0 Å². The van der Waals surface area contributed by atoms with Crippen molar-refractivity contribution in [3.05, 3.63) is 35.9 Å². The highest BCUT2D eigenvalue weighted by atomic mass is 14.9. The van der Waals surface area contributed by atoms with Gasteiger partial charge in [-0.3, -0.25) is 0 Å². The van der Waals surface area contributed by atoms with E-state index in [1.165, 1.54) is 5.56 Å². The Bertz CT molecular complexity index is 230. The summed E-state index contributed by atoms with van der Waals surface area (Å²) in [6.07, 6.45) is 1.16. The molecule has 72 valence electrons. The van der Waals surface area contributed by atoms with Crippen molar-refractivity contribution in [3.63, 3.8) is 0 Å². The molecular formula is C12H19N. The fraction of sp³-hybridized carbons (Fsp3) is 0.500. The van der Waals surface area contributed by atoms with Crippen LogP contribution in [0.1, 0.15) is 19.4 Å². The molecule has 0 aromatic heterocycles. The molecule has 1 N–H and O–H groups in total. The summed E-state index contributed by atoms with van der Waals surface area (Å²) >= 11 is 0. The van der Waals surface area contributed by atoms with E-state index in [0.29, 0.717) is 12.0 Å². The Balaban J connectivity index is 2.50. The molecule has 0 saturated carbocycles. The lowest BCUT2D eigenvalue weighted by Gasteiger charge is -2.18. The van der Waals surface area contributed by atoms with E-state index in [1.807, 2.05) is 7.05 Å². The first kappa shape index (κ1) is 10.3. The van der Waals surface area contributed by atoms with Gasteiger partial charge in [0.2, 0.25) is 0 Å². The number of hydrogen-bond acceptors (Lipinski definition) is 1. The van der Waals surface area contributed by atoms with Gasteiger partial charge in [0.05, 0.1) is 0 Å². The molecule has 2 unspecified atom stereocenters. The maximum absolute atomic E-state index is 3.28. The van der Waals surface area contributed by atoms with Crippen molar-refractivity contribution in [2.75, 3.05) is 7.05 Å². The van der Waals surface area contributed by atoms with Crippen molar-refractivity contribution in [3.8, 4) is 0 Å². The standard InChI is InChI=1S/C12H19N/c1-10(11(2)13-3)9-12-7-5-4-6-8-12/h4-8,10-11,13H,9H2,1-3H3. The van der Waals surface area contributed by atoms with Gasteiger partial charge in [-0.15, -0.1) is 0 Å². The van der Waals surface area contributed by atoms with Crippen molar-refractivity contribution in [1.82, 2.24) is 5.32 Å². The van der Waals surface area contributed by atoms with E-state index in [2.05, 4.69) is 49.5 Å². The van der Waals surface area contributed by atoms with E-state index in [-0.39, 0.29) is 0 Å². The third-order valence-electron chi connectivity index (χ3n) is 2.71. The second-order valence-corrected chi connectivity index (χ2v) is 3.74. The highest BCUT2D eigenvalue weighted by molar-refractivity contribution is 5.15. The van der Waals surface area contributed by atoms with Crippen molar-refractivity contribution in [2.45, 2.75) is 26.3 Å². The maximum atomic E-state index is 3.28. The fourth-order valence-corrected chi connectivity index (χ4v) is 1.45. The van der Waals surface area contributed by atoms with Crippen LogP contribution >= 0.6 is 0 Å². The molecular weight excluding hydrogens is 158 g/mol. The first-order chi connectivity index (χ1) is 6.24. The molecule has 1 rings (SSSR count). The van der Waals surface area contributed by atoms with Crippen molar-refractivity contribution in [1.29, 1.82) is 0 Å². The van der Waals surface area contributed by atoms with E-state index in [9.17, 15) is 0 Å². The molecule has 1 aromatic carbocycles. The molecule has 0 heterocycles. The van der Waals surface area contributed by atoms with Crippen molar-refractivity contribution in [2.24, 2.45) is 5.92 Å². The first-order valence-corrected chi connectivity index (χ1v) is 4.95. The van der Waals surface area contributed by atoms with Gasteiger partial charge in [0, 0.05) is 6.04 Å². The lowest BCUT2D eigenvalue weighted by Crippen LogP contribution is -2.29. The summed E-state index contributed by atoms with van der Waals surface area (Å²) in [6, 6.07) is 11.2. The highest BCUT2D eigenvalue weighted by Gasteiger charge is 2.09. The Morgan fingerprint density at radius 3 is 2.31 bits per heavy atom. The molecule has 1 nitrogen and oxygen atoms in total. The van der Waals surface area contributed by atoms with Crippen LogP contribution in [0.3, 0.4) is 0 Å². The second-order valence-electron chi connectivity index (χ2n) is 3.74. The summed E-state index contributed by atoms with van der Waals surface area (Å²) < 4.78 is 0. The molecule has 0 radical (unpaired) electrons. The van der Waals surface area contributed by atoms with Crippen LogP contribution in [0, 0.1) is 5.92 Å². The first-order valence-electron chi connectivity index (χ1n) is 4.95. The Morgan fingerprint density at radius 2 is 1.77 bits per heavy atom. The molecule has 1 aromatic rings. The summed E-state index contributed by atoms with van der Waals surface area (Å²) in [7, 11) is 2.02. The molecule has 0 saturated heterocycles. The lowest BCUT2D eigenvalue weighted by molar-refractivity contribution is 0.424. The predicted octanol–water partition coefficient (Wildman–Crippen LogP) is 2.47. The molecule has 0 aliphatic rings. The van der Waals surface area contributed by atoms with E-state index in [1.54, 1.807) is 0 Å². The van der Waals surface area contributed by atoms with Crippen molar-refractivity contribution >= 4 is 0 Å². The lowest BCUT2D eigenvalue weighted by atomic mass is 9.95. The summed E-state index contributed by atoms with van der Waals surface area (Å²) in [6.45, 7) is 4.52. The molecule has 1 heteroatoms. The maximum Gasteiger partial charge on any atom is 0.00645 e. The largest absolute Gasteiger partial charge is 0.317 e. The number of rotatable bonds is 4. The van der Waals surface area contributed by atoms with Crippen LogP contribution in [0.2, 0.25) is 0 Å². The van der Waals surface area contributed by atoms with Crippen LogP contribution in [-0.2, 0) is 6.42 Å². The molecule has 0 spiro atoms. The minimum atomic E-state index is 0.584.